The standard InChI is InChI=1S/C17H15BrFNO4/c1-23-15-6-5-13(18)7-12(15)10-24-16(21)9-20-17(22)11-3-2-4-14(19)8-11/h2-8H,9-10H2,1H3,(H,20,22). The van der Waals surface area contributed by atoms with Crippen molar-refractivity contribution in [2.75, 3.05) is 13.7 Å². The molecule has 0 spiro atoms. The van der Waals surface area contributed by atoms with Gasteiger partial charge in [-0.2, -0.15) is 0 Å². The van der Waals surface area contributed by atoms with Gasteiger partial charge in [-0.15, -0.1) is 0 Å². The second kappa shape index (κ2) is 8.44. The van der Waals surface area contributed by atoms with Crippen molar-refractivity contribution in [1.29, 1.82) is 0 Å². The number of hydrogen-bond donors (Lipinski definition) is 1. The summed E-state index contributed by atoms with van der Waals surface area (Å²) in [5.41, 5.74) is 0.827. The molecule has 0 aromatic heterocycles. The van der Waals surface area contributed by atoms with Crippen LogP contribution in [0.15, 0.2) is 46.9 Å². The van der Waals surface area contributed by atoms with Crippen LogP contribution in [-0.2, 0) is 16.1 Å². The Morgan fingerprint density at radius 2 is 2.00 bits per heavy atom. The van der Waals surface area contributed by atoms with E-state index in [4.69, 9.17) is 9.47 Å². The van der Waals surface area contributed by atoms with Gasteiger partial charge in [0.25, 0.3) is 5.91 Å². The topological polar surface area (TPSA) is 64.6 Å². The first-order valence-corrected chi connectivity index (χ1v) is 7.80. The number of esters is 1. The summed E-state index contributed by atoms with van der Waals surface area (Å²) in [6.45, 7) is -0.303. The molecule has 5 nitrogen and oxygen atoms in total. The van der Waals surface area contributed by atoms with Crippen molar-refractivity contribution in [1.82, 2.24) is 5.32 Å². The summed E-state index contributed by atoms with van der Waals surface area (Å²) in [5.74, 6) is -1.09. The zero-order chi connectivity index (χ0) is 17.5. The van der Waals surface area contributed by atoms with E-state index < -0.39 is 17.7 Å². The van der Waals surface area contributed by atoms with Crippen molar-refractivity contribution in [2.45, 2.75) is 6.61 Å². The largest absolute Gasteiger partial charge is 0.496 e. The van der Waals surface area contributed by atoms with Crippen LogP contribution in [0.5, 0.6) is 5.75 Å². The predicted octanol–water partition coefficient (Wildman–Crippen LogP) is 3.07. The maximum atomic E-state index is 13.1. The van der Waals surface area contributed by atoms with E-state index in [2.05, 4.69) is 21.2 Å². The van der Waals surface area contributed by atoms with Crippen molar-refractivity contribution in [2.24, 2.45) is 0 Å². The number of halogens is 2. The van der Waals surface area contributed by atoms with Crippen LogP contribution in [-0.4, -0.2) is 25.5 Å². The lowest BCUT2D eigenvalue weighted by atomic mass is 10.2. The van der Waals surface area contributed by atoms with Crippen LogP contribution in [0.4, 0.5) is 4.39 Å². The molecule has 126 valence electrons. The van der Waals surface area contributed by atoms with E-state index in [1.807, 2.05) is 6.07 Å². The molecule has 0 aliphatic carbocycles. The van der Waals surface area contributed by atoms with E-state index in [1.165, 1.54) is 25.3 Å². The highest BCUT2D eigenvalue weighted by Gasteiger charge is 2.11. The first kappa shape index (κ1) is 17.9. The third kappa shape index (κ3) is 5.06. The van der Waals surface area contributed by atoms with Gasteiger partial charge in [0.1, 0.15) is 24.7 Å². The van der Waals surface area contributed by atoms with E-state index in [-0.39, 0.29) is 18.7 Å². The number of hydrogen-bond acceptors (Lipinski definition) is 4. The fraction of sp³-hybridized carbons (Fsp3) is 0.176. The number of carbonyl (C=O) groups excluding carboxylic acids is 2. The molecule has 0 fully saturated rings. The smallest absolute Gasteiger partial charge is 0.325 e. The van der Waals surface area contributed by atoms with Crippen molar-refractivity contribution in [3.8, 4) is 5.75 Å². The molecule has 0 saturated carbocycles. The second-order valence-corrected chi connectivity index (χ2v) is 5.73. The maximum Gasteiger partial charge on any atom is 0.325 e. The average molecular weight is 396 g/mol. The molecular formula is C17H15BrFNO4. The molecule has 0 bridgehead atoms. The Morgan fingerprint density at radius 3 is 2.71 bits per heavy atom. The molecule has 1 N–H and O–H groups in total. The van der Waals surface area contributed by atoms with Crippen LogP contribution in [0.3, 0.4) is 0 Å². The minimum absolute atomic E-state index is 0.0112. The molecule has 2 aromatic carbocycles. The summed E-state index contributed by atoms with van der Waals surface area (Å²) in [4.78, 5) is 23.5. The molecule has 0 atom stereocenters. The number of ether oxygens (including phenoxy) is 2. The highest BCUT2D eigenvalue weighted by Crippen LogP contribution is 2.23. The van der Waals surface area contributed by atoms with Gasteiger partial charge >= 0.3 is 5.97 Å². The highest BCUT2D eigenvalue weighted by atomic mass is 79.9. The molecule has 0 aliphatic rings. The third-order valence-corrected chi connectivity index (χ3v) is 3.60. The number of rotatable bonds is 6. The molecule has 0 saturated heterocycles. The summed E-state index contributed by atoms with van der Waals surface area (Å²) < 4.78 is 24.2. The second-order valence-electron chi connectivity index (χ2n) is 4.81. The predicted molar refractivity (Wildman–Crippen MR) is 89.2 cm³/mol. The lowest BCUT2D eigenvalue weighted by Crippen LogP contribution is -2.30. The molecule has 2 rings (SSSR count). The van der Waals surface area contributed by atoms with Gasteiger partial charge in [-0.1, -0.05) is 22.0 Å². The monoisotopic (exact) mass is 395 g/mol. The zero-order valence-electron chi connectivity index (χ0n) is 12.8. The van der Waals surface area contributed by atoms with Crippen LogP contribution in [0.1, 0.15) is 15.9 Å². The lowest BCUT2D eigenvalue weighted by Gasteiger charge is -2.10. The fourth-order valence-electron chi connectivity index (χ4n) is 1.95. The Bertz CT molecular complexity index is 751. The van der Waals surface area contributed by atoms with Crippen molar-refractivity contribution in [3.63, 3.8) is 0 Å². The molecule has 0 heterocycles. The van der Waals surface area contributed by atoms with Crippen LogP contribution in [0.2, 0.25) is 0 Å². The molecule has 0 radical (unpaired) electrons. The van der Waals surface area contributed by atoms with E-state index in [9.17, 15) is 14.0 Å². The summed E-state index contributed by atoms with van der Waals surface area (Å²) in [6, 6.07) is 10.5. The first-order chi connectivity index (χ1) is 11.5. The van der Waals surface area contributed by atoms with Gasteiger partial charge in [0.05, 0.1) is 7.11 Å². The number of amides is 1. The van der Waals surface area contributed by atoms with Crippen molar-refractivity contribution < 1.29 is 23.5 Å². The van der Waals surface area contributed by atoms with Crippen LogP contribution in [0.25, 0.3) is 0 Å². The molecule has 0 unspecified atom stereocenters. The Hall–Kier alpha value is -2.41. The number of nitrogens with one attached hydrogen (secondary N) is 1. The summed E-state index contributed by atoms with van der Waals surface area (Å²) >= 11 is 3.33. The molecule has 0 aliphatic heterocycles. The molecule has 24 heavy (non-hydrogen) atoms. The van der Waals surface area contributed by atoms with Crippen molar-refractivity contribution in [3.05, 3.63) is 63.9 Å². The molecule has 1 amide bonds. The quantitative estimate of drug-likeness (QED) is 0.763. The number of carbonyl (C=O) groups is 2. The van der Waals surface area contributed by atoms with Gasteiger partial charge < -0.3 is 14.8 Å². The summed E-state index contributed by atoms with van der Waals surface area (Å²) in [5, 5.41) is 2.38. The lowest BCUT2D eigenvalue weighted by molar-refractivity contribution is -0.143. The minimum atomic E-state index is -0.609. The Morgan fingerprint density at radius 1 is 1.21 bits per heavy atom. The summed E-state index contributed by atoms with van der Waals surface area (Å²) in [7, 11) is 1.52. The molecule has 7 heteroatoms. The highest BCUT2D eigenvalue weighted by molar-refractivity contribution is 9.10. The van der Waals surface area contributed by atoms with Crippen LogP contribution >= 0.6 is 15.9 Å². The van der Waals surface area contributed by atoms with E-state index in [0.717, 1.165) is 10.5 Å². The average Bonchev–Trinajstić information content (AvgIpc) is 2.58. The normalized spacial score (nSPS) is 10.1. The SMILES string of the molecule is COc1ccc(Br)cc1COC(=O)CNC(=O)c1cccc(F)c1. The Balaban J connectivity index is 1.86. The minimum Gasteiger partial charge on any atom is -0.496 e. The number of methoxy groups -OCH3 is 1. The first-order valence-electron chi connectivity index (χ1n) is 7.01. The van der Waals surface area contributed by atoms with E-state index in [0.29, 0.717) is 11.3 Å². The van der Waals surface area contributed by atoms with E-state index in [1.54, 1.807) is 12.1 Å². The maximum absolute atomic E-state index is 13.1. The van der Waals surface area contributed by atoms with Gasteiger partial charge in [0.15, 0.2) is 0 Å². The molecular weight excluding hydrogens is 381 g/mol. The van der Waals surface area contributed by atoms with Crippen LogP contribution < -0.4 is 10.1 Å². The molecule has 2 aromatic rings. The van der Waals surface area contributed by atoms with Gasteiger partial charge in [0.2, 0.25) is 0 Å². The van der Waals surface area contributed by atoms with E-state index >= 15 is 0 Å². The third-order valence-electron chi connectivity index (χ3n) is 3.11. The fourth-order valence-corrected chi connectivity index (χ4v) is 2.36. The van der Waals surface area contributed by atoms with Gasteiger partial charge in [-0.3, -0.25) is 9.59 Å². The van der Waals surface area contributed by atoms with Crippen molar-refractivity contribution >= 4 is 27.8 Å². The Labute approximate surface area is 146 Å². The summed E-state index contributed by atoms with van der Waals surface area (Å²) in [6.07, 6.45) is 0. The number of benzene rings is 2. The van der Waals surface area contributed by atoms with Gasteiger partial charge in [-0.05, 0) is 36.4 Å². The Kier molecular flexibility index (Phi) is 6.31. The zero-order valence-corrected chi connectivity index (χ0v) is 14.4. The van der Waals surface area contributed by atoms with Gasteiger partial charge in [-0.25, -0.2) is 4.39 Å². The van der Waals surface area contributed by atoms with Crippen LogP contribution in [0, 0.1) is 5.82 Å². The van der Waals surface area contributed by atoms with Gasteiger partial charge in [0, 0.05) is 15.6 Å².